The number of benzene rings is 1. The highest BCUT2D eigenvalue weighted by Crippen LogP contribution is 2.28. The Hall–Kier alpha value is -2.35. The van der Waals surface area contributed by atoms with Crippen LogP contribution in [0.4, 0.5) is 10.5 Å². The Labute approximate surface area is 143 Å². The van der Waals surface area contributed by atoms with E-state index in [1.165, 1.54) is 0 Å². The lowest BCUT2D eigenvalue weighted by Gasteiger charge is -2.19. The van der Waals surface area contributed by atoms with E-state index in [4.69, 9.17) is 0 Å². The molecule has 1 N–H and O–H groups in total. The third-order valence-corrected chi connectivity index (χ3v) is 4.92. The first-order chi connectivity index (χ1) is 11.5. The number of aryl methyl sites for hydroxylation is 1. The van der Waals surface area contributed by atoms with E-state index in [2.05, 4.69) is 5.32 Å². The third-order valence-electron chi connectivity index (χ3n) is 3.95. The molecule has 0 bridgehead atoms. The lowest BCUT2D eigenvalue weighted by molar-refractivity contribution is -0.139. The van der Waals surface area contributed by atoms with Crippen LogP contribution >= 0.6 is 11.8 Å². The van der Waals surface area contributed by atoms with Crippen LogP contribution in [0.15, 0.2) is 24.3 Å². The number of nitrogens with one attached hydrogen (secondary N) is 1. The van der Waals surface area contributed by atoms with Gasteiger partial charge in [-0.1, -0.05) is 12.1 Å². The molecule has 4 amide bonds. The Kier molecular flexibility index (Phi) is 4.57. The van der Waals surface area contributed by atoms with Gasteiger partial charge in [-0.25, -0.2) is 0 Å². The molecule has 0 aliphatic carbocycles. The highest BCUT2D eigenvalue weighted by Gasteiger charge is 2.40. The molecule has 1 aromatic rings. The van der Waals surface area contributed by atoms with Gasteiger partial charge in [-0.05, 0) is 36.4 Å². The van der Waals surface area contributed by atoms with E-state index in [9.17, 15) is 19.2 Å². The highest BCUT2D eigenvalue weighted by molar-refractivity contribution is 8.15. The van der Waals surface area contributed by atoms with Crippen LogP contribution in [0.3, 0.4) is 0 Å². The molecule has 1 unspecified atom stereocenters. The number of rotatable bonds is 5. The lowest BCUT2D eigenvalue weighted by atomic mass is 10.2. The first kappa shape index (κ1) is 16.5. The average molecular weight is 347 g/mol. The van der Waals surface area contributed by atoms with Crippen LogP contribution in [0.2, 0.25) is 0 Å². The maximum Gasteiger partial charge on any atom is 0.290 e. The number of anilines is 1. The van der Waals surface area contributed by atoms with Crippen molar-refractivity contribution in [2.24, 2.45) is 0 Å². The summed E-state index contributed by atoms with van der Waals surface area (Å²) in [5.41, 5.74) is 1.81. The van der Waals surface area contributed by atoms with Gasteiger partial charge in [0.05, 0.1) is 0 Å². The van der Waals surface area contributed by atoms with Crippen LogP contribution in [0.1, 0.15) is 18.4 Å². The number of hydrogen-bond acceptors (Lipinski definition) is 6. The van der Waals surface area contributed by atoms with Crippen molar-refractivity contribution < 1.29 is 19.2 Å². The largest absolute Gasteiger partial charge is 0.365 e. The number of nitrogens with zero attached hydrogens (tertiary/aromatic N) is 2. The Bertz CT molecular complexity index is 705. The minimum absolute atomic E-state index is 0.0359. The molecule has 0 aromatic heterocycles. The zero-order valence-electron chi connectivity index (χ0n) is 13.2. The van der Waals surface area contributed by atoms with Crippen molar-refractivity contribution in [3.05, 3.63) is 29.8 Å². The number of likely N-dealkylation sites (tertiary alicyclic amines) is 1. The molecule has 1 aromatic carbocycles. The average Bonchev–Trinajstić information content (AvgIpc) is 2.98. The Morgan fingerprint density at radius 3 is 2.42 bits per heavy atom. The predicted molar refractivity (Wildman–Crippen MR) is 89.2 cm³/mol. The standard InChI is InChI=1S/C16H17N3O4S/c1-10-3-2-4-11(9-10)17-14-15(22)19(16(23)24-14)8-7-18-12(20)5-6-13(18)21/h2-4,9,14,17H,5-8H2,1H3. The van der Waals surface area contributed by atoms with Crippen molar-refractivity contribution in [2.75, 3.05) is 18.4 Å². The van der Waals surface area contributed by atoms with Gasteiger partial charge < -0.3 is 5.32 Å². The Morgan fingerprint density at radius 2 is 1.75 bits per heavy atom. The summed E-state index contributed by atoms with van der Waals surface area (Å²) in [6.07, 6.45) is 0.403. The number of amides is 4. The topological polar surface area (TPSA) is 86.8 Å². The van der Waals surface area contributed by atoms with Gasteiger partial charge >= 0.3 is 0 Å². The summed E-state index contributed by atoms with van der Waals surface area (Å²) in [6.45, 7) is 2.04. The minimum Gasteiger partial charge on any atom is -0.365 e. The van der Waals surface area contributed by atoms with Crippen LogP contribution in [0.5, 0.6) is 0 Å². The van der Waals surface area contributed by atoms with E-state index in [0.29, 0.717) is 0 Å². The maximum absolute atomic E-state index is 12.4. The molecule has 0 radical (unpaired) electrons. The maximum atomic E-state index is 12.4. The molecular weight excluding hydrogens is 330 g/mol. The number of thioether (sulfide) groups is 1. The zero-order valence-corrected chi connectivity index (χ0v) is 14.0. The fourth-order valence-electron chi connectivity index (χ4n) is 2.70. The number of carbonyl (C=O) groups excluding carboxylic acids is 4. The molecule has 8 heteroatoms. The molecule has 2 fully saturated rings. The van der Waals surface area contributed by atoms with Crippen molar-refractivity contribution >= 4 is 40.4 Å². The van der Waals surface area contributed by atoms with Crippen molar-refractivity contribution in [1.82, 2.24) is 9.80 Å². The van der Waals surface area contributed by atoms with E-state index >= 15 is 0 Å². The molecule has 3 rings (SSSR count). The number of hydrogen-bond donors (Lipinski definition) is 1. The van der Waals surface area contributed by atoms with E-state index in [1.54, 1.807) is 0 Å². The molecule has 126 valence electrons. The quantitative estimate of drug-likeness (QED) is 0.814. The molecule has 2 aliphatic heterocycles. The van der Waals surface area contributed by atoms with Gasteiger partial charge in [0, 0.05) is 31.6 Å². The summed E-state index contributed by atoms with van der Waals surface area (Å²) in [7, 11) is 0. The first-order valence-corrected chi connectivity index (χ1v) is 8.52. The lowest BCUT2D eigenvalue weighted by Crippen LogP contribution is -2.41. The van der Waals surface area contributed by atoms with Crippen LogP contribution in [-0.4, -0.2) is 51.2 Å². The summed E-state index contributed by atoms with van der Waals surface area (Å²) in [5, 5.41) is 1.98. The van der Waals surface area contributed by atoms with Gasteiger partial charge in [0.15, 0.2) is 5.37 Å². The third kappa shape index (κ3) is 3.28. The van der Waals surface area contributed by atoms with Crippen LogP contribution in [-0.2, 0) is 14.4 Å². The number of imide groups is 2. The molecule has 2 aliphatic rings. The van der Waals surface area contributed by atoms with Crippen molar-refractivity contribution in [3.8, 4) is 0 Å². The monoisotopic (exact) mass is 347 g/mol. The summed E-state index contributed by atoms with van der Waals surface area (Å²) in [5.74, 6) is -0.854. The van der Waals surface area contributed by atoms with Crippen molar-refractivity contribution in [2.45, 2.75) is 25.1 Å². The predicted octanol–water partition coefficient (Wildman–Crippen LogP) is 1.58. The second-order valence-corrected chi connectivity index (χ2v) is 6.76. The van der Waals surface area contributed by atoms with Gasteiger partial charge in [-0.2, -0.15) is 0 Å². The Morgan fingerprint density at radius 1 is 1.08 bits per heavy atom. The van der Waals surface area contributed by atoms with Gasteiger partial charge in [-0.3, -0.25) is 29.0 Å². The second-order valence-electron chi connectivity index (χ2n) is 5.71. The van der Waals surface area contributed by atoms with E-state index in [1.807, 2.05) is 31.2 Å². The molecule has 7 nitrogen and oxygen atoms in total. The van der Waals surface area contributed by atoms with E-state index in [0.717, 1.165) is 32.8 Å². The molecule has 24 heavy (non-hydrogen) atoms. The first-order valence-electron chi connectivity index (χ1n) is 7.64. The fourth-order valence-corrected chi connectivity index (χ4v) is 3.63. The summed E-state index contributed by atoms with van der Waals surface area (Å²) in [6, 6.07) is 7.53. The molecule has 0 spiro atoms. The van der Waals surface area contributed by atoms with Crippen molar-refractivity contribution in [1.29, 1.82) is 0 Å². The smallest absolute Gasteiger partial charge is 0.290 e. The molecule has 1 atom stereocenters. The van der Waals surface area contributed by atoms with Gasteiger partial charge in [0.2, 0.25) is 11.8 Å². The minimum atomic E-state index is -0.690. The van der Waals surface area contributed by atoms with Crippen LogP contribution in [0, 0.1) is 6.92 Å². The normalized spacial score (nSPS) is 21.1. The molecular formula is C16H17N3O4S. The van der Waals surface area contributed by atoms with E-state index < -0.39 is 5.37 Å². The van der Waals surface area contributed by atoms with E-state index in [-0.39, 0.29) is 48.9 Å². The fraction of sp³-hybridized carbons (Fsp3) is 0.375. The Balaban J connectivity index is 1.61. The van der Waals surface area contributed by atoms with Gasteiger partial charge in [0.1, 0.15) is 0 Å². The summed E-state index contributed by atoms with van der Waals surface area (Å²) < 4.78 is 0. The molecule has 2 saturated heterocycles. The highest BCUT2D eigenvalue weighted by atomic mass is 32.2. The van der Waals surface area contributed by atoms with Gasteiger partial charge in [0.25, 0.3) is 11.1 Å². The SMILES string of the molecule is Cc1cccc(NC2SC(=O)N(CCN3C(=O)CCC3=O)C2=O)c1. The number of carbonyl (C=O) groups is 4. The summed E-state index contributed by atoms with van der Waals surface area (Å²) >= 11 is 0.905. The van der Waals surface area contributed by atoms with Gasteiger partial charge in [-0.15, -0.1) is 0 Å². The summed E-state index contributed by atoms with van der Waals surface area (Å²) in [4.78, 5) is 49.9. The van der Waals surface area contributed by atoms with Crippen LogP contribution in [0.25, 0.3) is 0 Å². The second kappa shape index (κ2) is 6.64. The molecule has 2 heterocycles. The zero-order chi connectivity index (χ0) is 17.3. The molecule has 0 saturated carbocycles. The van der Waals surface area contributed by atoms with Crippen LogP contribution < -0.4 is 5.32 Å². The van der Waals surface area contributed by atoms with Crippen molar-refractivity contribution in [3.63, 3.8) is 0 Å².